The molecule has 0 aliphatic heterocycles. The molecule has 0 saturated heterocycles. The van der Waals surface area contributed by atoms with Gasteiger partial charge in [-0.3, -0.25) is 4.79 Å². The molecule has 2 aromatic carbocycles. The molecule has 27 heavy (non-hydrogen) atoms. The lowest BCUT2D eigenvalue weighted by molar-refractivity contribution is -0.139. The minimum atomic E-state index is -3.89. The van der Waals surface area contributed by atoms with Gasteiger partial charge in [0.15, 0.2) is 11.5 Å². The van der Waals surface area contributed by atoms with Crippen molar-refractivity contribution in [3.8, 4) is 11.5 Å². The summed E-state index contributed by atoms with van der Waals surface area (Å²) in [6.07, 6.45) is -0.204. The Hall–Kier alpha value is -2.58. The Morgan fingerprint density at radius 2 is 1.59 bits per heavy atom. The molecular formula is C19H23NO6S. The molecule has 0 saturated carbocycles. The van der Waals surface area contributed by atoms with Crippen molar-refractivity contribution < 1.29 is 27.4 Å². The minimum absolute atomic E-state index is 0.0241. The monoisotopic (exact) mass is 393 g/mol. The van der Waals surface area contributed by atoms with Gasteiger partial charge in [0.05, 0.1) is 32.6 Å². The Morgan fingerprint density at radius 3 is 2.15 bits per heavy atom. The lowest BCUT2D eigenvalue weighted by atomic mass is 10.1. The van der Waals surface area contributed by atoms with Gasteiger partial charge >= 0.3 is 5.97 Å². The smallest absolute Gasteiger partial charge is 0.310 e. The van der Waals surface area contributed by atoms with Crippen molar-refractivity contribution in [3.05, 3.63) is 53.6 Å². The normalized spacial score (nSPS) is 11.3. The number of hydrogen-bond donors (Lipinski definition) is 0. The van der Waals surface area contributed by atoms with Crippen LogP contribution in [0.15, 0.2) is 47.4 Å². The standard InChI is InChI=1S/C19H23NO6S/c1-20(13-14-8-6-5-7-9-14)27(22,23)18-12-17(25-3)16(24-2)10-15(18)11-19(21)26-4/h5-10,12H,11,13H2,1-4H3. The summed E-state index contributed by atoms with van der Waals surface area (Å²) >= 11 is 0. The fourth-order valence-electron chi connectivity index (χ4n) is 2.60. The van der Waals surface area contributed by atoms with Gasteiger partial charge < -0.3 is 14.2 Å². The predicted octanol–water partition coefficient (Wildman–Crippen LogP) is 2.24. The van der Waals surface area contributed by atoms with E-state index >= 15 is 0 Å². The first-order chi connectivity index (χ1) is 12.8. The molecule has 0 bridgehead atoms. The zero-order valence-electron chi connectivity index (χ0n) is 15.8. The molecule has 0 amide bonds. The third kappa shape index (κ3) is 4.78. The summed E-state index contributed by atoms with van der Waals surface area (Å²) in [5.41, 5.74) is 1.12. The van der Waals surface area contributed by atoms with Gasteiger partial charge in [0.1, 0.15) is 0 Å². The number of esters is 1. The van der Waals surface area contributed by atoms with E-state index < -0.39 is 16.0 Å². The number of rotatable bonds is 8. The van der Waals surface area contributed by atoms with Gasteiger partial charge in [0.2, 0.25) is 10.0 Å². The zero-order valence-corrected chi connectivity index (χ0v) is 16.6. The van der Waals surface area contributed by atoms with Crippen molar-refractivity contribution in [2.45, 2.75) is 17.9 Å². The van der Waals surface area contributed by atoms with Crippen LogP contribution in [-0.2, 0) is 32.5 Å². The van der Waals surface area contributed by atoms with Crippen molar-refractivity contribution in [1.82, 2.24) is 4.31 Å². The second kappa shape index (κ2) is 8.88. The Labute approximate surface area is 159 Å². The van der Waals surface area contributed by atoms with Gasteiger partial charge in [-0.2, -0.15) is 4.31 Å². The molecule has 0 aromatic heterocycles. The van der Waals surface area contributed by atoms with Crippen LogP contribution < -0.4 is 9.47 Å². The van der Waals surface area contributed by atoms with Crippen LogP contribution in [0.1, 0.15) is 11.1 Å². The van der Waals surface area contributed by atoms with Gasteiger partial charge in [-0.15, -0.1) is 0 Å². The summed E-state index contributed by atoms with van der Waals surface area (Å²) in [6.45, 7) is 0.190. The quantitative estimate of drug-likeness (QED) is 0.640. The van der Waals surface area contributed by atoms with Gasteiger partial charge in [-0.1, -0.05) is 30.3 Å². The number of carbonyl (C=O) groups excluding carboxylic acids is 1. The number of nitrogens with zero attached hydrogens (tertiary/aromatic N) is 1. The molecule has 7 nitrogen and oxygen atoms in total. The summed E-state index contributed by atoms with van der Waals surface area (Å²) in [5.74, 6) is 0.0447. The van der Waals surface area contributed by atoms with Gasteiger partial charge in [-0.05, 0) is 17.2 Å². The molecule has 146 valence electrons. The molecule has 0 atom stereocenters. The molecule has 8 heteroatoms. The maximum Gasteiger partial charge on any atom is 0.310 e. The van der Waals surface area contributed by atoms with Crippen molar-refractivity contribution in [2.24, 2.45) is 0 Å². The number of methoxy groups -OCH3 is 3. The number of carbonyl (C=O) groups is 1. The van der Waals surface area contributed by atoms with E-state index in [0.717, 1.165) is 5.56 Å². The van der Waals surface area contributed by atoms with E-state index in [2.05, 4.69) is 4.74 Å². The summed E-state index contributed by atoms with van der Waals surface area (Å²) in [5, 5.41) is 0. The van der Waals surface area contributed by atoms with Gasteiger partial charge in [0.25, 0.3) is 0 Å². The summed E-state index contributed by atoms with van der Waals surface area (Å²) in [7, 11) is 1.71. The number of hydrogen-bond acceptors (Lipinski definition) is 6. The first kappa shape index (κ1) is 20.7. The fraction of sp³-hybridized carbons (Fsp3) is 0.316. The first-order valence-electron chi connectivity index (χ1n) is 8.15. The fourth-order valence-corrected chi connectivity index (χ4v) is 3.97. The van der Waals surface area contributed by atoms with Crippen LogP contribution in [0.2, 0.25) is 0 Å². The molecule has 0 aliphatic rings. The van der Waals surface area contributed by atoms with E-state index in [9.17, 15) is 13.2 Å². The van der Waals surface area contributed by atoms with Crippen molar-refractivity contribution >= 4 is 16.0 Å². The third-order valence-corrected chi connectivity index (χ3v) is 5.95. The summed E-state index contributed by atoms with van der Waals surface area (Å²) in [4.78, 5) is 11.7. The maximum absolute atomic E-state index is 13.2. The predicted molar refractivity (Wildman–Crippen MR) is 100 cm³/mol. The Kier molecular flexibility index (Phi) is 6.81. The Bertz CT molecular complexity index is 896. The number of benzene rings is 2. The van der Waals surface area contributed by atoms with Crippen LogP contribution in [0.3, 0.4) is 0 Å². The molecule has 0 fully saturated rings. The summed E-state index contributed by atoms with van der Waals surface area (Å²) < 4.78 is 42.7. The highest BCUT2D eigenvalue weighted by Gasteiger charge is 2.27. The topological polar surface area (TPSA) is 82.1 Å². The van der Waals surface area contributed by atoms with E-state index in [0.29, 0.717) is 5.75 Å². The van der Waals surface area contributed by atoms with Crippen LogP contribution >= 0.6 is 0 Å². The highest BCUT2D eigenvalue weighted by atomic mass is 32.2. The highest BCUT2D eigenvalue weighted by molar-refractivity contribution is 7.89. The lowest BCUT2D eigenvalue weighted by Crippen LogP contribution is -2.28. The number of ether oxygens (including phenoxy) is 3. The molecule has 0 spiro atoms. The second-order valence-electron chi connectivity index (χ2n) is 5.81. The molecular weight excluding hydrogens is 370 g/mol. The van der Waals surface area contributed by atoms with Crippen molar-refractivity contribution in [2.75, 3.05) is 28.4 Å². The molecule has 0 radical (unpaired) electrons. The van der Waals surface area contributed by atoms with E-state index in [1.54, 1.807) is 0 Å². The average molecular weight is 393 g/mol. The molecule has 0 unspecified atom stereocenters. The van der Waals surface area contributed by atoms with Crippen LogP contribution in [-0.4, -0.2) is 47.1 Å². The third-order valence-electron chi connectivity index (χ3n) is 4.07. The van der Waals surface area contributed by atoms with Crippen molar-refractivity contribution in [1.29, 1.82) is 0 Å². The van der Waals surface area contributed by atoms with E-state index in [4.69, 9.17) is 9.47 Å². The minimum Gasteiger partial charge on any atom is -0.493 e. The maximum atomic E-state index is 13.2. The molecule has 0 N–H and O–H groups in total. The highest BCUT2D eigenvalue weighted by Crippen LogP contribution is 2.34. The Balaban J connectivity index is 2.50. The molecule has 2 rings (SSSR count). The Morgan fingerprint density at radius 1 is 1.00 bits per heavy atom. The molecule has 2 aromatic rings. The van der Waals surface area contributed by atoms with Gasteiger partial charge in [0, 0.05) is 19.7 Å². The van der Waals surface area contributed by atoms with Crippen molar-refractivity contribution in [3.63, 3.8) is 0 Å². The number of sulfonamides is 1. The van der Waals surface area contributed by atoms with E-state index in [1.807, 2.05) is 30.3 Å². The lowest BCUT2D eigenvalue weighted by Gasteiger charge is -2.21. The average Bonchev–Trinajstić information content (AvgIpc) is 2.67. The SMILES string of the molecule is COC(=O)Cc1cc(OC)c(OC)cc1S(=O)(=O)N(C)Cc1ccccc1. The van der Waals surface area contributed by atoms with Crippen LogP contribution in [0.25, 0.3) is 0 Å². The summed E-state index contributed by atoms with van der Waals surface area (Å²) in [6, 6.07) is 12.1. The zero-order chi connectivity index (χ0) is 20.0. The van der Waals surface area contributed by atoms with E-state index in [-0.39, 0.29) is 29.2 Å². The molecule has 0 heterocycles. The van der Waals surface area contributed by atoms with Crippen LogP contribution in [0, 0.1) is 0 Å². The van der Waals surface area contributed by atoms with Crippen LogP contribution in [0.4, 0.5) is 0 Å². The van der Waals surface area contributed by atoms with Crippen LogP contribution in [0.5, 0.6) is 11.5 Å². The largest absolute Gasteiger partial charge is 0.493 e. The molecule has 0 aliphatic carbocycles. The van der Waals surface area contributed by atoms with E-state index in [1.165, 1.54) is 44.8 Å². The first-order valence-corrected chi connectivity index (χ1v) is 9.59. The second-order valence-corrected chi connectivity index (χ2v) is 7.83. The van der Waals surface area contributed by atoms with Gasteiger partial charge in [-0.25, -0.2) is 8.42 Å².